The van der Waals surface area contributed by atoms with Gasteiger partial charge in [0.25, 0.3) is 0 Å². The van der Waals surface area contributed by atoms with E-state index in [4.69, 9.17) is 10.5 Å². The standard InChI is InChI=1S/C12H14FN3O/c13-9-4-5-10(14)8-7-15-16(12(8)9)11-3-1-2-6-17-11/h4-5,7,11H,1-3,6,14H2. The average molecular weight is 235 g/mol. The molecule has 90 valence electrons. The van der Waals surface area contributed by atoms with Crippen molar-refractivity contribution in [2.75, 3.05) is 12.3 Å². The molecule has 0 bridgehead atoms. The van der Waals surface area contributed by atoms with Gasteiger partial charge in [-0.1, -0.05) is 0 Å². The van der Waals surface area contributed by atoms with E-state index in [1.807, 2.05) is 0 Å². The highest BCUT2D eigenvalue weighted by Gasteiger charge is 2.20. The molecule has 5 heteroatoms. The fraction of sp³-hybridized carbons (Fsp3) is 0.417. The molecule has 1 unspecified atom stereocenters. The van der Waals surface area contributed by atoms with Crippen molar-refractivity contribution in [1.82, 2.24) is 9.78 Å². The molecular formula is C12H14FN3O. The molecule has 0 spiro atoms. The van der Waals surface area contributed by atoms with Gasteiger partial charge in [-0.05, 0) is 31.4 Å². The summed E-state index contributed by atoms with van der Waals surface area (Å²) < 4.78 is 21.1. The minimum atomic E-state index is -0.305. The van der Waals surface area contributed by atoms with Crippen molar-refractivity contribution in [2.24, 2.45) is 0 Å². The lowest BCUT2D eigenvalue weighted by molar-refractivity contribution is -0.0369. The molecule has 0 aliphatic carbocycles. The SMILES string of the molecule is Nc1ccc(F)c2c1cnn2C1CCCCO1. The smallest absolute Gasteiger partial charge is 0.150 e. The highest BCUT2D eigenvalue weighted by Crippen LogP contribution is 2.29. The number of fused-ring (bicyclic) bond motifs is 1. The fourth-order valence-electron chi connectivity index (χ4n) is 2.28. The van der Waals surface area contributed by atoms with Gasteiger partial charge in [-0.3, -0.25) is 0 Å². The summed E-state index contributed by atoms with van der Waals surface area (Å²) in [5.41, 5.74) is 6.79. The highest BCUT2D eigenvalue weighted by molar-refractivity contribution is 5.90. The first kappa shape index (κ1) is 10.5. The molecule has 1 aromatic carbocycles. The number of hydrogen-bond donors (Lipinski definition) is 1. The normalized spacial score (nSPS) is 20.9. The Bertz CT molecular complexity index is 546. The van der Waals surface area contributed by atoms with Gasteiger partial charge >= 0.3 is 0 Å². The summed E-state index contributed by atoms with van der Waals surface area (Å²) in [5, 5.41) is 4.86. The minimum Gasteiger partial charge on any atom is -0.398 e. The van der Waals surface area contributed by atoms with Crippen molar-refractivity contribution in [3.63, 3.8) is 0 Å². The third-order valence-electron chi connectivity index (χ3n) is 3.17. The summed E-state index contributed by atoms with van der Waals surface area (Å²) >= 11 is 0. The largest absolute Gasteiger partial charge is 0.398 e. The molecule has 0 amide bonds. The molecule has 1 atom stereocenters. The third kappa shape index (κ3) is 1.67. The van der Waals surface area contributed by atoms with Gasteiger partial charge in [-0.25, -0.2) is 9.07 Å². The van der Waals surface area contributed by atoms with Crippen LogP contribution in [0.15, 0.2) is 18.3 Å². The van der Waals surface area contributed by atoms with Crippen LogP contribution in [-0.2, 0) is 4.74 Å². The van der Waals surface area contributed by atoms with Gasteiger partial charge in [0.15, 0.2) is 6.23 Å². The lowest BCUT2D eigenvalue weighted by Crippen LogP contribution is -2.19. The van der Waals surface area contributed by atoms with Crippen LogP contribution < -0.4 is 5.73 Å². The predicted octanol–water partition coefficient (Wildman–Crippen LogP) is 2.46. The first-order valence-corrected chi connectivity index (χ1v) is 5.80. The van der Waals surface area contributed by atoms with Gasteiger partial charge in [0.2, 0.25) is 0 Å². The molecule has 1 saturated heterocycles. The highest BCUT2D eigenvalue weighted by atomic mass is 19.1. The molecule has 2 heterocycles. The van der Waals surface area contributed by atoms with Crippen LogP contribution in [0.2, 0.25) is 0 Å². The number of ether oxygens (including phenoxy) is 1. The lowest BCUT2D eigenvalue weighted by Gasteiger charge is -2.23. The summed E-state index contributed by atoms with van der Waals surface area (Å²) in [7, 11) is 0. The van der Waals surface area contributed by atoms with Gasteiger partial charge in [0.05, 0.1) is 6.20 Å². The van der Waals surface area contributed by atoms with Gasteiger partial charge in [-0.15, -0.1) is 0 Å². The second kappa shape index (κ2) is 4.00. The van der Waals surface area contributed by atoms with Crippen LogP contribution in [0, 0.1) is 5.82 Å². The average Bonchev–Trinajstić information content (AvgIpc) is 2.81. The molecule has 2 N–H and O–H groups in total. The number of nitrogen functional groups attached to an aromatic ring is 1. The first-order valence-electron chi connectivity index (χ1n) is 5.80. The van der Waals surface area contributed by atoms with E-state index < -0.39 is 0 Å². The van der Waals surface area contributed by atoms with Crippen LogP contribution in [0.5, 0.6) is 0 Å². The monoisotopic (exact) mass is 235 g/mol. The number of nitrogens with two attached hydrogens (primary N) is 1. The first-order chi connectivity index (χ1) is 8.27. The van der Waals surface area contributed by atoms with Crippen LogP contribution >= 0.6 is 0 Å². The molecule has 1 aliphatic rings. The predicted molar refractivity (Wildman–Crippen MR) is 62.9 cm³/mol. The molecule has 0 radical (unpaired) electrons. The van der Waals surface area contributed by atoms with Crippen LogP contribution in [0.3, 0.4) is 0 Å². The van der Waals surface area contributed by atoms with Crippen molar-refractivity contribution in [3.8, 4) is 0 Å². The number of rotatable bonds is 1. The summed E-state index contributed by atoms with van der Waals surface area (Å²) in [6, 6.07) is 2.93. The Balaban J connectivity index is 2.13. The Hall–Kier alpha value is -1.62. The van der Waals surface area contributed by atoms with E-state index in [-0.39, 0.29) is 12.0 Å². The molecule has 1 fully saturated rings. The van der Waals surface area contributed by atoms with E-state index in [1.165, 1.54) is 6.07 Å². The van der Waals surface area contributed by atoms with E-state index in [1.54, 1.807) is 16.9 Å². The van der Waals surface area contributed by atoms with E-state index in [2.05, 4.69) is 5.10 Å². The van der Waals surface area contributed by atoms with E-state index in [9.17, 15) is 4.39 Å². The quantitative estimate of drug-likeness (QED) is 0.772. The van der Waals surface area contributed by atoms with Gasteiger partial charge in [-0.2, -0.15) is 5.10 Å². The number of halogens is 1. The van der Waals surface area contributed by atoms with E-state index in [0.29, 0.717) is 23.2 Å². The Kier molecular flexibility index (Phi) is 2.48. The Labute approximate surface area is 98.2 Å². The van der Waals surface area contributed by atoms with Gasteiger partial charge in [0.1, 0.15) is 11.3 Å². The Morgan fingerprint density at radius 2 is 2.29 bits per heavy atom. The summed E-state index contributed by atoms with van der Waals surface area (Å²) in [6.07, 6.45) is 4.44. The fourth-order valence-corrected chi connectivity index (χ4v) is 2.28. The summed E-state index contributed by atoms with van der Waals surface area (Å²) in [6.45, 7) is 0.704. The van der Waals surface area contributed by atoms with Crippen molar-refractivity contribution >= 4 is 16.6 Å². The minimum absolute atomic E-state index is 0.169. The molecule has 1 aliphatic heterocycles. The maximum atomic E-state index is 13.8. The van der Waals surface area contributed by atoms with Gasteiger partial charge < -0.3 is 10.5 Å². The lowest BCUT2D eigenvalue weighted by atomic mass is 10.1. The topological polar surface area (TPSA) is 53.1 Å². The zero-order valence-corrected chi connectivity index (χ0v) is 9.40. The number of hydrogen-bond acceptors (Lipinski definition) is 3. The van der Waals surface area contributed by atoms with Crippen molar-refractivity contribution in [2.45, 2.75) is 25.5 Å². The van der Waals surface area contributed by atoms with Crippen LogP contribution in [0.1, 0.15) is 25.5 Å². The zero-order chi connectivity index (χ0) is 11.8. The zero-order valence-electron chi connectivity index (χ0n) is 9.40. The van der Waals surface area contributed by atoms with Crippen LogP contribution in [0.25, 0.3) is 10.9 Å². The number of nitrogens with zero attached hydrogens (tertiary/aromatic N) is 2. The number of anilines is 1. The van der Waals surface area contributed by atoms with Crippen molar-refractivity contribution in [1.29, 1.82) is 0 Å². The van der Waals surface area contributed by atoms with E-state index in [0.717, 1.165) is 19.3 Å². The summed E-state index contributed by atoms with van der Waals surface area (Å²) in [5.74, 6) is -0.305. The third-order valence-corrected chi connectivity index (χ3v) is 3.17. The Morgan fingerprint density at radius 1 is 1.41 bits per heavy atom. The second-order valence-electron chi connectivity index (χ2n) is 4.31. The molecular weight excluding hydrogens is 221 g/mol. The maximum Gasteiger partial charge on any atom is 0.150 e. The molecule has 3 rings (SSSR count). The molecule has 2 aromatic rings. The second-order valence-corrected chi connectivity index (χ2v) is 4.31. The van der Waals surface area contributed by atoms with Crippen molar-refractivity contribution in [3.05, 3.63) is 24.1 Å². The molecule has 1 aromatic heterocycles. The maximum absolute atomic E-state index is 13.8. The Morgan fingerprint density at radius 3 is 3.06 bits per heavy atom. The number of aromatic nitrogens is 2. The van der Waals surface area contributed by atoms with Crippen molar-refractivity contribution < 1.29 is 9.13 Å². The molecule has 17 heavy (non-hydrogen) atoms. The van der Waals surface area contributed by atoms with E-state index >= 15 is 0 Å². The molecule has 0 saturated carbocycles. The van der Waals surface area contributed by atoms with Crippen LogP contribution in [0.4, 0.5) is 10.1 Å². The van der Waals surface area contributed by atoms with Gasteiger partial charge in [0, 0.05) is 17.7 Å². The van der Waals surface area contributed by atoms with Crippen LogP contribution in [-0.4, -0.2) is 16.4 Å². The summed E-state index contributed by atoms with van der Waals surface area (Å²) in [4.78, 5) is 0. The number of benzene rings is 1. The molecule has 4 nitrogen and oxygen atoms in total.